The van der Waals surface area contributed by atoms with Crippen LogP contribution in [0.25, 0.3) is 0 Å². The second-order valence-corrected chi connectivity index (χ2v) is 5.73. The van der Waals surface area contributed by atoms with E-state index in [-0.39, 0.29) is 11.5 Å². The average molecular weight is 319 g/mol. The Balaban J connectivity index is 2.08. The third-order valence-corrected chi connectivity index (χ3v) is 3.46. The van der Waals surface area contributed by atoms with Crippen LogP contribution in [-0.2, 0) is 4.57 Å². The van der Waals surface area contributed by atoms with Crippen LogP contribution in [0.1, 0.15) is 0 Å². The van der Waals surface area contributed by atoms with Crippen molar-refractivity contribution in [3.05, 3.63) is 58.6 Å². The summed E-state index contributed by atoms with van der Waals surface area (Å²) in [5.41, 5.74) is 0. The molecule has 0 amide bonds. The van der Waals surface area contributed by atoms with Gasteiger partial charge in [-0.2, -0.15) is 0 Å². The summed E-state index contributed by atoms with van der Waals surface area (Å²) in [5, 5.41) is 0.998. The fraction of sp³-hybridized carbons (Fsp3) is 0. The Labute approximate surface area is 120 Å². The highest BCUT2D eigenvalue weighted by atomic mass is 35.5. The van der Waals surface area contributed by atoms with Crippen LogP contribution in [0.3, 0.4) is 0 Å². The van der Waals surface area contributed by atoms with E-state index in [9.17, 15) is 9.46 Å². The van der Waals surface area contributed by atoms with Crippen molar-refractivity contribution in [2.24, 2.45) is 0 Å². The minimum Gasteiger partial charge on any atom is -0.395 e. The number of rotatable bonds is 4. The zero-order valence-electron chi connectivity index (χ0n) is 9.49. The Kier molecular flexibility index (Phi) is 4.38. The molecule has 0 unspecified atom stereocenters. The van der Waals surface area contributed by atoms with E-state index in [2.05, 4.69) is 0 Å². The van der Waals surface area contributed by atoms with Gasteiger partial charge in [-0.1, -0.05) is 23.2 Å². The molecule has 0 aliphatic carbocycles. The third-order valence-electron chi connectivity index (χ3n) is 2.07. The summed E-state index contributed by atoms with van der Waals surface area (Å²) in [6.07, 6.45) is 0. The van der Waals surface area contributed by atoms with Crippen LogP contribution in [0.5, 0.6) is 11.5 Å². The molecule has 0 fully saturated rings. The lowest BCUT2D eigenvalue weighted by molar-refractivity contribution is 0.291. The van der Waals surface area contributed by atoms with Crippen molar-refractivity contribution < 1.29 is 18.5 Å². The van der Waals surface area contributed by atoms with Gasteiger partial charge in [-0.3, -0.25) is 4.89 Å². The largest absolute Gasteiger partial charge is 0.584 e. The molecule has 0 bridgehead atoms. The predicted molar refractivity (Wildman–Crippen MR) is 74.0 cm³/mol. The van der Waals surface area contributed by atoms with E-state index in [1.807, 2.05) is 0 Å². The molecule has 0 spiro atoms. The fourth-order valence-electron chi connectivity index (χ4n) is 1.28. The number of phosphoric acid groups is 1. The van der Waals surface area contributed by atoms with Crippen LogP contribution in [-0.4, -0.2) is 4.89 Å². The molecular formula is C12H9Cl2O4P. The molecule has 0 aliphatic rings. The topological polar surface area (TPSA) is 55.8 Å². The molecule has 19 heavy (non-hydrogen) atoms. The molecule has 0 heterocycles. The normalized spacial score (nSPS) is 11.1. The highest BCUT2D eigenvalue weighted by Gasteiger charge is 2.24. The van der Waals surface area contributed by atoms with Gasteiger partial charge in [-0.05, 0) is 48.5 Å². The van der Waals surface area contributed by atoms with Crippen molar-refractivity contribution in [1.82, 2.24) is 0 Å². The SMILES string of the molecule is O=P(O)(Oc1ccc(Cl)cc1)Oc1ccc(Cl)cc1. The maximum Gasteiger partial charge on any atom is 0.584 e. The van der Waals surface area contributed by atoms with Crippen LogP contribution in [0.4, 0.5) is 0 Å². The Morgan fingerprint density at radius 1 is 0.789 bits per heavy atom. The highest BCUT2D eigenvalue weighted by molar-refractivity contribution is 7.48. The van der Waals surface area contributed by atoms with E-state index < -0.39 is 7.82 Å². The fourth-order valence-corrected chi connectivity index (χ4v) is 2.34. The first-order valence-electron chi connectivity index (χ1n) is 5.18. The number of halogens is 2. The highest BCUT2D eigenvalue weighted by Crippen LogP contribution is 2.44. The summed E-state index contributed by atoms with van der Waals surface area (Å²) in [6.45, 7) is 0. The lowest BCUT2D eigenvalue weighted by atomic mass is 10.3. The molecule has 2 rings (SSSR count). The van der Waals surface area contributed by atoms with Gasteiger partial charge in [0.2, 0.25) is 0 Å². The van der Waals surface area contributed by atoms with E-state index >= 15 is 0 Å². The maximum atomic E-state index is 11.8. The monoisotopic (exact) mass is 318 g/mol. The van der Waals surface area contributed by atoms with Gasteiger partial charge in [-0.25, -0.2) is 4.57 Å². The quantitative estimate of drug-likeness (QED) is 0.840. The zero-order valence-corrected chi connectivity index (χ0v) is 11.9. The van der Waals surface area contributed by atoms with Gasteiger partial charge in [0.15, 0.2) is 0 Å². The molecular weight excluding hydrogens is 310 g/mol. The van der Waals surface area contributed by atoms with Crippen LogP contribution >= 0.6 is 31.0 Å². The molecule has 2 aromatic rings. The van der Waals surface area contributed by atoms with Gasteiger partial charge in [0, 0.05) is 10.0 Å². The molecule has 0 radical (unpaired) electrons. The summed E-state index contributed by atoms with van der Waals surface area (Å²) in [5.74, 6) is 0.369. The minimum atomic E-state index is -4.25. The van der Waals surface area contributed by atoms with Gasteiger partial charge in [0.1, 0.15) is 11.5 Å². The molecule has 0 aromatic heterocycles. The first kappa shape index (κ1) is 14.2. The molecule has 0 aliphatic heterocycles. The number of benzene rings is 2. The zero-order chi connectivity index (χ0) is 13.9. The van der Waals surface area contributed by atoms with Gasteiger partial charge in [0.25, 0.3) is 0 Å². The van der Waals surface area contributed by atoms with Gasteiger partial charge in [-0.15, -0.1) is 0 Å². The summed E-state index contributed by atoms with van der Waals surface area (Å²) in [6, 6.07) is 12.0. The standard InChI is InChI=1S/C12H9Cl2O4P/c13-9-1-5-11(6-2-9)17-19(15,16)18-12-7-3-10(14)4-8-12/h1-8H,(H,15,16). The minimum absolute atomic E-state index is 0.184. The Morgan fingerprint density at radius 2 is 1.11 bits per heavy atom. The summed E-state index contributed by atoms with van der Waals surface area (Å²) >= 11 is 11.4. The average Bonchev–Trinajstić information content (AvgIpc) is 2.34. The van der Waals surface area contributed by atoms with Gasteiger partial charge in [0.05, 0.1) is 0 Å². The van der Waals surface area contributed by atoms with Crippen molar-refractivity contribution >= 4 is 31.0 Å². The van der Waals surface area contributed by atoms with Gasteiger partial charge < -0.3 is 9.05 Å². The van der Waals surface area contributed by atoms with Gasteiger partial charge >= 0.3 is 7.82 Å². The smallest absolute Gasteiger partial charge is 0.395 e. The van der Waals surface area contributed by atoms with Crippen molar-refractivity contribution in [3.8, 4) is 11.5 Å². The summed E-state index contributed by atoms with van der Waals surface area (Å²) in [4.78, 5) is 9.61. The second-order valence-electron chi connectivity index (χ2n) is 3.56. The van der Waals surface area contributed by atoms with Crippen LogP contribution < -0.4 is 9.05 Å². The molecule has 0 saturated carbocycles. The lowest BCUT2D eigenvalue weighted by Gasteiger charge is -2.13. The Bertz CT molecular complexity index is 547. The molecule has 4 nitrogen and oxygen atoms in total. The van der Waals surface area contributed by atoms with Crippen LogP contribution in [0, 0.1) is 0 Å². The number of phosphoric ester groups is 1. The molecule has 100 valence electrons. The van der Waals surface area contributed by atoms with E-state index in [0.717, 1.165) is 0 Å². The van der Waals surface area contributed by atoms with E-state index in [0.29, 0.717) is 10.0 Å². The van der Waals surface area contributed by atoms with E-state index in [1.165, 1.54) is 24.3 Å². The summed E-state index contributed by atoms with van der Waals surface area (Å²) < 4.78 is 21.5. The number of hydrogen-bond donors (Lipinski definition) is 1. The molecule has 0 saturated heterocycles. The van der Waals surface area contributed by atoms with Crippen molar-refractivity contribution in [3.63, 3.8) is 0 Å². The Morgan fingerprint density at radius 3 is 1.42 bits per heavy atom. The van der Waals surface area contributed by atoms with Crippen molar-refractivity contribution in [2.45, 2.75) is 0 Å². The molecule has 0 atom stereocenters. The van der Waals surface area contributed by atoms with Crippen LogP contribution in [0.15, 0.2) is 48.5 Å². The second kappa shape index (κ2) is 5.85. The first-order valence-corrected chi connectivity index (χ1v) is 7.43. The van der Waals surface area contributed by atoms with Crippen molar-refractivity contribution in [2.75, 3.05) is 0 Å². The third kappa shape index (κ3) is 4.44. The predicted octanol–water partition coefficient (Wildman–Crippen LogP) is 4.55. The molecule has 7 heteroatoms. The maximum absolute atomic E-state index is 11.8. The van der Waals surface area contributed by atoms with Crippen LogP contribution in [0.2, 0.25) is 10.0 Å². The van der Waals surface area contributed by atoms with E-state index in [1.54, 1.807) is 24.3 Å². The Hall–Kier alpha value is -1.19. The molecule has 1 N–H and O–H groups in total. The number of hydrogen-bond acceptors (Lipinski definition) is 3. The van der Waals surface area contributed by atoms with Crippen molar-refractivity contribution in [1.29, 1.82) is 0 Å². The summed E-state index contributed by atoms with van der Waals surface area (Å²) in [7, 11) is -4.25. The van der Waals surface area contributed by atoms with E-state index in [4.69, 9.17) is 32.2 Å². The lowest BCUT2D eigenvalue weighted by Crippen LogP contribution is -1.99. The first-order chi connectivity index (χ1) is 8.94. The molecule has 2 aromatic carbocycles.